The van der Waals surface area contributed by atoms with Gasteiger partial charge in [-0.3, -0.25) is 5.10 Å². The summed E-state index contributed by atoms with van der Waals surface area (Å²) in [6.45, 7) is 2.09. The van der Waals surface area contributed by atoms with Gasteiger partial charge in [0.25, 0.3) is 0 Å². The van der Waals surface area contributed by atoms with Crippen molar-refractivity contribution >= 4 is 11.6 Å². The smallest absolute Gasteiger partial charge is 0.141 e. The molecule has 1 heterocycles. The number of aromatic nitrogens is 3. The summed E-state index contributed by atoms with van der Waals surface area (Å²) in [6, 6.07) is 6.78. The summed E-state index contributed by atoms with van der Waals surface area (Å²) in [5, 5.41) is 11.2. The Kier molecular flexibility index (Phi) is 3.06. The molecule has 0 spiro atoms. The van der Waals surface area contributed by atoms with Crippen molar-refractivity contribution in [1.82, 2.24) is 20.5 Å². The second-order valence-electron chi connectivity index (χ2n) is 4.78. The Morgan fingerprint density at radius 2 is 2.22 bits per heavy atom. The number of benzene rings is 1. The highest BCUT2D eigenvalue weighted by Gasteiger charge is 2.23. The quantitative estimate of drug-likeness (QED) is 0.892. The molecule has 18 heavy (non-hydrogen) atoms. The lowest BCUT2D eigenvalue weighted by molar-refractivity contribution is 0.453. The van der Waals surface area contributed by atoms with E-state index in [0.29, 0.717) is 6.04 Å². The second-order valence-corrected chi connectivity index (χ2v) is 5.21. The number of aromatic amines is 1. The number of H-pyrrole nitrogens is 1. The van der Waals surface area contributed by atoms with Crippen LogP contribution in [0, 0.1) is 0 Å². The van der Waals surface area contributed by atoms with E-state index in [2.05, 4.69) is 39.6 Å². The van der Waals surface area contributed by atoms with Crippen molar-refractivity contribution in [2.75, 3.05) is 0 Å². The fourth-order valence-corrected chi connectivity index (χ4v) is 2.76. The first kappa shape index (κ1) is 11.7. The van der Waals surface area contributed by atoms with E-state index in [9.17, 15) is 0 Å². The van der Waals surface area contributed by atoms with Crippen LogP contribution in [0.2, 0.25) is 5.02 Å². The summed E-state index contributed by atoms with van der Waals surface area (Å²) >= 11 is 6.01. The van der Waals surface area contributed by atoms with Gasteiger partial charge < -0.3 is 5.32 Å². The average molecular weight is 263 g/mol. The molecule has 0 radical (unpaired) electrons. The number of nitrogens with zero attached hydrogens (tertiary/aromatic N) is 2. The molecule has 94 valence electrons. The van der Waals surface area contributed by atoms with Crippen LogP contribution in [0.5, 0.6) is 0 Å². The molecule has 3 rings (SSSR count). The third-order valence-corrected chi connectivity index (χ3v) is 3.67. The molecule has 0 saturated heterocycles. The van der Waals surface area contributed by atoms with E-state index in [1.54, 1.807) is 0 Å². The molecule has 0 amide bonds. The summed E-state index contributed by atoms with van der Waals surface area (Å²) < 4.78 is 0. The van der Waals surface area contributed by atoms with Gasteiger partial charge in [0.05, 0.1) is 6.04 Å². The first-order valence-electron chi connectivity index (χ1n) is 6.11. The first-order chi connectivity index (χ1) is 8.72. The number of halogens is 1. The Hall–Kier alpha value is -1.39. The predicted octanol–water partition coefficient (Wildman–Crippen LogP) is 2.28. The van der Waals surface area contributed by atoms with Crippen LogP contribution in [-0.2, 0) is 12.8 Å². The Morgan fingerprint density at radius 1 is 1.39 bits per heavy atom. The largest absolute Gasteiger partial charge is 0.304 e. The van der Waals surface area contributed by atoms with Crippen LogP contribution in [0.1, 0.15) is 29.9 Å². The van der Waals surface area contributed by atoms with Crippen LogP contribution in [0.3, 0.4) is 0 Å². The molecule has 2 aromatic rings. The van der Waals surface area contributed by atoms with Gasteiger partial charge in [-0.2, -0.15) is 5.10 Å². The lowest BCUT2D eigenvalue weighted by atomic mass is 10.1. The minimum Gasteiger partial charge on any atom is -0.304 e. The normalized spacial score (nSPS) is 19.8. The maximum Gasteiger partial charge on any atom is 0.141 e. The number of hydrogen-bond acceptors (Lipinski definition) is 3. The summed E-state index contributed by atoms with van der Waals surface area (Å²) in [6.07, 6.45) is 3.61. The Bertz CT molecular complexity index is 538. The van der Waals surface area contributed by atoms with Gasteiger partial charge in [0.1, 0.15) is 12.2 Å². The van der Waals surface area contributed by atoms with E-state index in [1.807, 2.05) is 6.07 Å². The van der Waals surface area contributed by atoms with E-state index >= 15 is 0 Å². The molecule has 5 heteroatoms. The van der Waals surface area contributed by atoms with Crippen molar-refractivity contribution in [1.29, 1.82) is 0 Å². The van der Waals surface area contributed by atoms with Gasteiger partial charge in [-0.1, -0.05) is 17.7 Å². The molecule has 1 aromatic heterocycles. The van der Waals surface area contributed by atoms with Gasteiger partial charge in [0.15, 0.2) is 0 Å². The minimum absolute atomic E-state index is 0.183. The molecule has 1 aliphatic carbocycles. The highest BCUT2D eigenvalue weighted by molar-refractivity contribution is 6.30. The molecule has 0 saturated carbocycles. The topological polar surface area (TPSA) is 53.6 Å². The van der Waals surface area contributed by atoms with Crippen LogP contribution >= 0.6 is 11.6 Å². The summed E-state index contributed by atoms with van der Waals surface area (Å²) in [5.41, 5.74) is 2.74. The number of fused-ring (bicyclic) bond motifs is 1. The number of hydrogen-bond donors (Lipinski definition) is 2. The lowest BCUT2D eigenvalue weighted by Gasteiger charge is -2.16. The Morgan fingerprint density at radius 3 is 3.00 bits per heavy atom. The van der Waals surface area contributed by atoms with Crippen molar-refractivity contribution in [3.8, 4) is 0 Å². The van der Waals surface area contributed by atoms with Crippen LogP contribution in [0.15, 0.2) is 24.5 Å². The lowest BCUT2D eigenvalue weighted by Crippen LogP contribution is -2.32. The molecule has 2 N–H and O–H groups in total. The van der Waals surface area contributed by atoms with Gasteiger partial charge in [0.2, 0.25) is 0 Å². The van der Waals surface area contributed by atoms with Crippen molar-refractivity contribution in [2.24, 2.45) is 0 Å². The average Bonchev–Trinajstić information content (AvgIpc) is 2.95. The summed E-state index contributed by atoms with van der Waals surface area (Å²) in [7, 11) is 0. The van der Waals surface area contributed by atoms with Crippen molar-refractivity contribution in [3.63, 3.8) is 0 Å². The predicted molar refractivity (Wildman–Crippen MR) is 70.6 cm³/mol. The van der Waals surface area contributed by atoms with E-state index < -0.39 is 0 Å². The third-order valence-electron chi connectivity index (χ3n) is 3.43. The number of rotatable bonds is 3. The highest BCUT2D eigenvalue weighted by Crippen LogP contribution is 2.26. The maximum absolute atomic E-state index is 6.01. The monoisotopic (exact) mass is 262 g/mol. The molecular weight excluding hydrogens is 248 g/mol. The zero-order valence-electron chi connectivity index (χ0n) is 10.2. The highest BCUT2D eigenvalue weighted by atomic mass is 35.5. The van der Waals surface area contributed by atoms with E-state index in [1.165, 1.54) is 17.5 Å². The maximum atomic E-state index is 6.01. The SMILES string of the molecule is CC(NC1Cc2ccc(Cl)cc2C1)c1ncn[nH]1. The van der Waals surface area contributed by atoms with Gasteiger partial charge in [-0.25, -0.2) is 4.98 Å². The van der Waals surface area contributed by atoms with Crippen molar-refractivity contribution in [3.05, 3.63) is 46.5 Å². The molecule has 0 aliphatic heterocycles. The van der Waals surface area contributed by atoms with Crippen LogP contribution in [-0.4, -0.2) is 21.2 Å². The molecule has 2 atom stereocenters. The van der Waals surface area contributed by atoms with E-state index in [-0.39, 0.29) is 6.04 Å². The second kappa shape index (κ2) is 4.71. The van der Waals surface area contributed by atoms with Crippen LogP contribution < -0.4 is 5.32 Å². The van der Waals surface area contributed by atoms with E-state index in [4.69, 9.17) is 11.6 Å². The van der Waals surface area contributed by atoms with Gasteiger partial charge in [0, 0.05) is 11.1 Å². The molecule has 4 nitrogen and oxygen atoms in total. The van der Waals surface area contributed by atoms with Gasteiger partial charge >= 0.3 is 0 Å². The summed E-state index contributed by atoms with van der Waals surface area (Å²) in [5.74, 6) is 0.879. The van der Waals surface area contributed by atoms with E-state index in [0.717, 1.165) is 23.7 Å². The molecule has 0 bridgehead atoms. The van der Waals surface area contributed by atoms with Crippen LogP contribution in [0.25, 0.3) is 0 Å². The fourth-order valence-electron chi connectivity index (χ4n) is 2.56. The number of nitrogens with one attached hydrogen (secondary N) is 2. The zero-order valence-corrected chi connectivity index (χ0v) is 10.9. The fraction of sp³-hybridized carbons (Fsp3) is 0.385. The van der Waals surface area contributed by atoms with Gasteiger partial charge in [-0.05, 0) is 43.0 Å². The molecular formula is C13H15ClN4. The molecule has 0 fully saturated rings. The van der Waals surface area contributed by atoms with Crippen LogP contribution in [0.4, 0.5) is 0 Å². The molecule has 1 aromatic carbocycles. The first-order valence-corrected chi connectivity index (χ1v) is 6.49. The summed E-state index contributed by atoms with van der Waals surface area (Å²) in [4.78, 5) is 4.17. The molecule has 1 aliphatic rings. The Labute approximate surface area is 111 Å². The van der Waals surface area contributed by atoms with Gasteiger partial charge in [-0.15, -0.1) is 0 Å². The third kappa shape index (κ3) is 2.26. The minimum atomic E-state index is 0.183. The Balaban J connectivity index is 1.67. The zero-order chi connectivity index (χ0) is 12.5. The van der Waals surface area contributed by atoms with Crippen molar-refractivity contribution in [2.45, 2.75) is 31.8 Å². The van der Waals surface area contributed by atoms with Crippen molar-refractivity contribution < 1.29 is 0 Å². The standard InChI is InChI=1S/C13H15ClN4/c1-8(13-15-7-16-18-13)17-12-5-9-2-3-11(14)4-10(9)6-12/h2-4,7-8,12,17H,5-6H2,1H3,(H,15,16,18). The molecule has 2 unspecified atom stereocenters.